The van der Waals surface area contributed by atoms with Crippen molar-refractivity contribution >= 4 is 15.8 Å². The van der Waals surface area contributed by atoms with Crippen LogP contribution in [0.2, 0.25) is 0 Å². The van der Waals surface area contributed by atoms with E-state index in [2.05, 4.69) is 14.8 Å². The third kappa shape index (κ3) is 2.60. The van der Waals surface area contributed by atoms with E-state index in [0.717, 1.165) is 5.56 Å². The molecule has 2 heterocycles. The third-order valence-electron chi connectivity index (χ3n) is 2.87. The van der Waals surface area contributed by atoms with E-state index in [4.69, 9.17) is 0 Å². The van der Waals surface area contributed by atoms with Crippen LogP contribution in [0.3, 0.4) is 0 Å². The van der Waals surface area contributed by atoms with Crippen molar-refractivity contribution in [2.75, 3.05) is 4.72 Å². The van der Waals surface area contributed by atoms with Crippen molar-refractivity contribution in [3.8, 4) is 0 Å². The summed E-state index contributed by atoms with van der Waals surface area (Å²) in [6.07, 6.45) is 1.57. The van der Waals surface area contributed by atoms with E-state index in [0.29, 0.717) is 17.2 Å². The number of rotatable bonds is 3. The summed E-state index contributed by atoms with van der Waals surface area (Å²) in [6, 6.07) is 3.48. The van der Waals surface area contributed by atoms with E-state index < -0.39 is 10.0 Å². The Labute approximate surface area is 112 Å². The summed E-state index contributed by atoms with van der Waals surface area (Å²) < 4.78 is 28.8. The van der Waals surface area contributed by atoms with Crippen LogP contribution in [0.5, 0.6) is 0 Å². The van der Waals surface area contributed by atoms with Crippen LogP contribution in [-0.2, 0) is 17.1 Å². The second kappa shape index (κ2) is 4.65. The Bertz CT molecular complexity index is 719. The van der Waals surface area contributed by atoms with Crippen molar-refractivity contribution in [2.24, 2.45) is 7.05 Å². The minimum Gasteiger partial charge on any atom is -0.271 e. The molecule has 0 radical (unpaired) electrons. The maximum atomic E-state index is 12.4. The predicted molar refractivity (Wildman–Crippen MR) is 72.5 cm³/mol. The third-order valence-corrected chi connectivity index (χ3v) is 4.47. The maximum absolute atomic E-state index is 12.4. The van der Waals surface area contributed by atoms with Crippen LogP contribution in [-0.4, -0.2) is 23.2 Å². The zero-order valence-corrected chi connectivity index (χ0v) is 12.1. The Kier molecular flexibility index (Phi) is 3.32. The van der Waals surface area contributed by atoms with Crippen molar-refractivity contribution in [1.29, 1.82) is 0 Å². The van der Waals surface area contributed by atoms with Crippen LogP contribution >= 0.6 is 0 Å². The number of aryl methyl sites for hydroxylation is 3. The predicted octanol–water partition coefficient (Wildman–Crippen LogP) is 1.54. The van der Waals surface area contributed by atoms with E-state index in [9.17, 15) is 8.42 Å². The molecule has 2 aromatic rings. The molecule has 0 amide bonds. The van der Waals surface area contributed by atoms with Gasteiger partial charge >= 0.3 is 0 Å². The van der Waals surface area contributed by atoms with Gasteiger partial charge in [0.15, 0.2) is 0 Å². The summed E-state index contributed by atoms with van der Waals surface area (Å²) in [7, 11) is -1.95. The molecule has 19 heavy (non-hydrogen) atoms. The van der Waals surface area contributed by atoms with Gasteiger partial charge in [0.25, 0.3) is 10.0 Å². The lowest BCUT2D eigenvalue weighted by atomic mass is 10.3. The maximum Gasteiger partial charge on any atom is 0.266 e. The highest BCUT2D eigenvalue weighted by Gasteiger charge is 2.24. The summed E-state index contributed by atoms with van der Waals surface area (Å²) in [6.45, 7) is 5.27. The van der Waals surface area contributed by atoms with E-state index in [-0.39, 0.29) is 4.90 Å². The smallest absolute Gasteiger partial charge is 0.266 e. The van der Waals surface area contributed by atoms with Crippen molar-refractivity contribution < 1.29 is 8.42 Å². The van der Waals surface area contributed by atoms with Gasteiger partial charge in [-0.05, 0) is 38.5 Å². The quantitative estimate of drug-likeness (QED) is 0.925. The summed E-state index contributed by atoms with van der Waals surface area (Å²) in [5, 5.41) is 4.11. The van der Waals surface area contributed by atoms with E-state index in [1.807, 2.05) is 6.92 Å². The second-order valence-electron chi connectivity index (χ2n) is 4.45. The fourth-order valence-electron chi connectivity index (χ4n) is 1.92. The summed E-state index contributed by atoms with van der Waals surface area (Å²) in [4.78, 5) is 4.21. The van der Waals surface area contributed by atoms with Gasteiger partial charge in [0.1, 0.15) is 10.7 Å². The fourth-order valence-corrected chi connectivity index (χ4v) is 3.36. The molecule has 6 nitrogen and oxygen atoms in total. The van der Waals surface area contributed by atoms with Crippen LogP contribution < -0.4 is 4.72 Å². The second-order valence-corrected chi connectivity index (χ2v) is 6.07. The zero-order chi connectivity index (χ0) is 14.2. The molecule has 0 spiro atoms. The number of hydrogen-bond acceptors (Lipinski definition) is 4. The fraction of sp³-hybridized carbons (Fsp3) is 0.333. The van der Waals surface area contributed by atoms with Crippen LogP contribution in [0.25, 0.3) is 0 Å². The number of sulfonamides is 1. The molecule has 102 valence electrons. The van der Waals surface area contributed by atoms with Crippen LogP contribution in [0.15, 0.2) is 23.2 Å². The molecule has 0 saturated carbocycles. The minimum atomic E-state index is -3.67. The Morgan fingerprint density at radius 1 is 1.26 bits per heavy atom. The lowest BCUT2D eigenvalue weighted by Gasteiger charge is -2.08. The largest absolute Gasteiger partial charge is 0.271 e. The van der Waals surface area contributed by atoms with Gasteiger partial charge in [-0.15, -0.1) is 0 Å². The zero-order valence-electron chi connectivity index (χ0n) is 11.3. The summed E-state index contributed by atoms with van der Waals surface area (Å²) in [5.41, 5.74) is 2.00. The van der Waals surface area contributed by atoms with Crippen LogP contribution in [0.4, 0.5) is 5.82 Å². The normalized spacial score (nSPS) is 11.6. The lowest BCUT2D eigenvalue weighted by Crippen LogP contribution is -2.15. The van der Waals surface area contributed by atoms with Crippen molar-refractivity contribution in [3.63, 3.8) is 0 Å². The van der Waals surface area contributed by atoms with Crippen LogP contribution in [0, 0.1) is 20.8 Å². The molecule has 0 bridgehead atoms. The molecule has 0 unspecified atom stereocenters. The molecule has 0 fully saturated rings. The number of nitrogens with one attached hydrogen (secondary N) is 1. The first-order valence-electron chi connectivity index (χ1n) is 5.77. The standard InChI is InChI=1S/C12H16N4O2S/c1-8-5-6-13-11(7-8)15-19(17,18)12-9(2)14-16(4)10(12)3/h5-7H,1-4H3,(H,13,15). The molecular formula is C12H16N4O2S. The first-order chi connectivity index (χ1) is 8.81. The molecule has 0 aliphatic heterocycles. The Morgan fingerprint density at radius 2 is 1.95 bits per heavy atom. The first-order valence-corrected chi connectivity index (χ1v) is 7.25. The number of hydrogen-bond donors (Lipinski definition) is 1. The molecule has 2 rings (SSSR count). The van der Waals surface area contributed by atoms with Crippen molar-refractivity contribution in [3.05, 3.63) is 35.3 Å². The highest BCUT2D eigenvalue weighted by Crippen LogP contribution is 2.21. The first kappa shape index (κ1) is 13.5. The van der Waals surface area contributed by atoms with Gasteiger partial charge in [0, 0.05) is 13.2 Å². The van der Waals surface area contributed by atoms with Gasteiger partial charge in [-0.2, -0.15) is 5.10 Å². The Morgan fingerprint density at radius 3 is 2.47 bits per heavy atom. The van der Waals surface area contributed by atoms with Gasteiger partial charge in [0.2, 0.25) is 0 Å². The highest BCUT2D eigenvalue weighted by molar-refractivity contribution is 7.92. The molecule has 0 atom stereocenters. The van der Waals surface area contributed by atoms with Gasteiger partial charge < -0.3 is 0 Å². The van der Waals surface area contributed by atoms with E-state index in [1.165, 1.54) is 0 Å². The van der Waals surface area contributed by atoms with Crippen molar-refractivity contribution in [2.45, 2.75) is 25.7 Å². The molecule has 0 aliphatic rings. The SMILES string of the molecule is Cc1ccnc(NS(=O)(=O)c2c(C)nn(C)c2C)c1. The molecular weight excluding hydrogens is 264 g/mol. The average molecular weight is 280 g/mol. The lowest BCUT2D eigenvalue weighted by molar-refractivity contribution is 0.599. The Balaban J connectivity index is 2.44. The molecule has 1 N–H and O–H groups in total. The molecule has 0 saturated heterocycles. The van der Waals surface area contributed by atoms with Gasteiger partial charge in [-0.1, -0.05) is 0 Å². The minimum absolute atomic E-state index is 0.207. The number of anilines is 1. The van der Waals surface area contributed by atoms with Gasteiger partial charge in [0.05, 0.1) is 11.4 Å². The average Bonchev–Trinajstić information content (AvgIpc) is 2.52. The summed E-state index contributed by atoms with van der Waals surface area (Å²) in [5.74, 6) is 0.308. The van der Waals surface area contributed by atoms with E-state index >= 15 is 0 Å². The topological polar surface area (TPSA) is 76.9 Å². The van der Waals surface area contributed by atoms with Crippen LogP contribution in [0.1, 0.15) is 17.0 Å². The van der Waals surface area contributed by atoms with Crippen molar-refractivity contribution in [1.82, 2.24) is 14.8 Å². The van der Waals surface area contributed by atoms with Gasteiger partial charge in [-0.25, -0.2) is 13.4 Å². The molecule has 7 heteroatoms. The van der Waals surface area contributed by atoms with E-state index in [1.54, 1.807) is 43.9 Å². The Hall–Kier alpha value is -1.89. The number of aromatic nitrogens is 3. The highest BCUT2D eigenvalue weighted by atomic mass is 32.2. The molecule has 2 aromatic heterocycles. The monoisotopic (exact) mass is 280 g/mol. The van der Waals surface area contributed by atoms with Gasteiger partial charge in [-0.3, -0.25) is 9.40 Å². The number of pyridine rings is 1. The molecule has 0 aliphatic carbocycles. The summed E-state index contributed by atoms with van der Waals surface area (Å²) >= 11 is 0. The molecule has 0 aromatic carbocycles. The number of nitrogens with zero attached hydrogens (tertiary/aromatic N) is 3.